The fourth-order valence-corrected chi connectivity index (χ4v) is 3.21. The normalized spacial score (nSPS) is 15.7. The van der Waals surface area contributed by atoms with Crippen molar-refractivity contribution in [1.82, 2.24) is 20.0 Å². The van der Waals surface area contributed by atoms with Gasteiger partial charge in [0.25, 0.3) is 0 Å². The second-order valence-electron chi connectivity index (χ2n) is 7.04. The summed E-state index contributed by atoms with van der Waals surface area (Å²) in [7, 11) is 0. The third kappa shape index (κ3) is 4.56. The van der Waals surface area contributed by atoms with Crippen molar-refractivity contribution in [2.75, 3.05) is 31.1 Å². The van der Waals surface area contributed by atoms with Crippen LogP contribution in [0.4, 0.5) is 19.0 Å². The molecule has 0 atom stereocenters. The summed E-state index contributed by atoms with van der Waals surface area (Å²) in [5.41, 5.74) is 1.34. The lowest BCUT2D eigenvalue weighted by Crippen LogP contribution is -2.46. The summed E-state index contributed by atoms with van der Waals surface area (Å²) in [5, 5.41) is 4.05. The molecule has 0 saturated carbocycles. The van der Waals surface area contributed by atoms with E-state index in [-0.39, 0.29) is 0 Å². The maximum absolute atomic E-state index is 12.7. The summed E-state index contributed by atoms with van der Waals surface area (Å²) in [6, 6.07) is 10.4. The van der Waals surface area contributed by atoms with E-state index in [1.165, 1.54) is 6.07 Å². The van der Waals surface area contributed by atoms with Crippen molar-refractivity contribution >= 4 is 5.82 Å². The van der Waals surface area contributed by atoms with E-state index in [0.29, 0.717) is 37.2 Å². The van der Waals surface area contributed by atoms with E-state index in [1.807, 2.05) is 36.1 Å². The quantitative estimate of drug-likeness (QED) is 0.661. The third-order valence-electron chi connectivity index (χ3n) is 4.91. The molecular formula is C20H20F3N5O. The van der Waals surface area contributed by atoms with Gasteiger partial charge in [-0.05, 0) is 19.1 Å². The minimum atomic E-state index is -4.37. The molecule has 0 amide bonds. The summed E-state index contributed by atoms with van der Waals surface area (Å²) in [6.07, 6.45) is -3.49. The van der Waals surface area contributed by atoms with E-state index in [0.717, 1.165) is 36.5 Å². The van der Waals surface area contributed by atoms with Gasteiger partial charge < -0.3 is 9.42 Å². The van der Waals surface area contributed by atoms with Gasteiger partial charge in [-0.3, -0.25) is 4.90 Å². The van der Waals surface area contributed by atoms with Crippen molar-refractivity contribution in [3.05, 3.63) is 59.6 Å². The lowest BCUT2D eigenvalue weighted by molar-refractivity contribution is -0.137. The summed E-state index contributed by atoms with van der Waals surface area (Å²) in [4.78, 5) is 12.6. The van der Waals surface area contributed by atoms with E-state index in [2.05, 4.69) is 20.0 Å². The average Bonchev–Trinajstić information content (AvgIpc) is 3.17. The van der Waals surface area contributed by atoms with E-state index >= 15 is 0 Å². The second kappa shape index (κ2) is 7.82. The third-order valence-corrected chi connectivity index (χ3v) is 4.91. The molecule has 6 nitrogen and oxygen atoms in total. The molecule has 0 radical (unpaired) electrons. The molecule has 1 saturated heterocycles. The van der Waals surface area contributed by atoms with Crippen molar-refractivity contribution in [2.24, 2.45) is 0 Å². The van der Waals surface area contributed by atoms with Crippen LogP contribution in [0.5, 0.6) is 0 Å². The maximum atomic E-state index is 12.7. The molecule has 29 heavy (non-hydrogen) atoms. The van der Waals surface area contributed by atoms with Crippen molar-refractivity contribution in [1.29, 1.82) is 0 Å². The number of nitrogens with zero attached hydrogens (tertiary/aromatic N) is 5. The number of hydrogen-bond acceptors (Lipinski definition) is 6. The molecule has 3 aromatic rings. The highest BCUT2D eigenvalue weighted by atomic mass is 19.4. The number of anilines is 1. The van der Waals surface area contributed by atoms with Gasteiger partial charge >= 0.3 is 6.18 Å². The van der Waals surface area contributed by atoms with Crippen LogP contribution in [-0.2, 0) is 12.7 Å². The van der Waals surface area contributed by atoms with Gasteiger partial charge in [0.2, 0.25) is 11.7 Å². The summed E-state index contributed by atoms with van der Waals surface area (Å²) in [5.74, 6) is 1.66. The van der Waals surface area contributed by atoms with Gasteiger partial charge in [-0.2, -0.15) is 18.2 Å². The Balaban J connectivity index is 1.33. The molecule has 0 bridgehead atoms. The lowest BCUT2D eigenvalue weighted by atomic mass is 10.1. The Morgan fingerprint density at radius 2 is 1.72 bits per heavy atom. The van der Waals surface area contributed by atoms with Crippen molar-refractivity contribution in [2.45, 2.75) is 19.6 Å². The Hall–Kier alpha value is -2.94. The number of aromatic nitrogens is 3. The van der Waals surface area contributed by atoms with Crippen LogP contribution < -0.4 is 4.90 Å². The molecule has 1 fully saturated rings. The largest absolute Gasteiger partial charge is 0.417 e. The van der Waals surface area contributed by atoms with Crippen LogP contribution in [0.15, 0.2) is 47.1 Å². The zero-order chi connectivity index (χ0) is 20.4. The van der Waals surface area contributed by atoms with Gasteiger partial charge in [0.1, 0.15) is 5.82 Å². The van der Waals surface area contributed by atoms with E-state index in [1.54, 1.807) is 0 Å². The first-order chi connectivity index (χ1) is 13.9. The minimum Gasteiger partial charge on any atom is -0.354 e. The first-order valence-electron chi connectivity index (χ1n) is 9.29. The fourth-order valence-electron chi connectivity index (χ4n) is 3.21. The Labute approximate surface area is 166 Å². The number of pyridine rings is 1. The molecule has 1 aliphatic heterocycles. The first-order valence-corrected chi connectivity index (χ1v) is 9.29. The van der Waals surface area contributed by atoms with Gasteiger partial charge in [-0.15, -0.1) is 0 Å². The highest BCUT2D eigenvalue weighted by Crippen LogP contribution is 2.29. The number of hydrogen-bond donors (Lipinski definition) is 0. The molecular weight excluding hydrogens is 383 g/mol. The van der Waals surface area contributed by atoms with Gasteiger partial charge in [0.05, 0.1) is 12.1 Å². The van der Waals surface area contributed by atoms with Crippen molar-refractivity contribution in [3.63, 3.8) is 0 Å². The molecule has 2 aromatic heterocycles. The zero-order valence-electron chi connectivity index (χ0n) is 15.9. The first kappa shape index (κ1) is 19.4. The molecule has 4 rings (SSSR count). The maximum Gasteiger partial charge on any atom is 0.417 e. The lowest BCUT2D eigenvalue weighted by Gasteiger charge is -2.34. The van der Waals surface area contributed by atoms with E-state index in [4.69, 9.17) is 4.52 Å². The number of rotatable bonds is 4. The summed E-state index contributed by atoms with van der Waals surface area (Å²) < 4.78 is 43.4. The highest BCUT2D eigenvalue weighted by Gasteiger charge is 2.31. The summed E-state index contributed by atoms with van der Waals surface area (Å²) in [6.45, 7) is 5.34. The van der Waals surface area contributed by atoms with Gasteiger partial charge in [0.15, 0.2) is 0 Å². The van der Waals surface area contributed by atoms with Crippen LogP contribution in [0.2, 0.25) is 0 Å². The molecule has 0 N–H and O–H groups in total. The zero-order valence-corrected chi connectivity index (χ0v) is 15.9. The average molecular weight is 403 g/mol. The van der Waals surface area contributed by atoms with Gasteiger partial charge in [-0.25, -0.2) is 4.98 Å². The Bertz CT molecular complexity index is 945. The fraction of sp³-hybridized carbons (Fsp3) is 0.350. The number of aryl methyl sites for hydroxylation is 1. The number of benzene rings is 1. The number of piperazine rings is 1. The number of alkyl halides is 3. The van der Waals surface area contributed by atoms with Crippen LogP contribution in [0.25, 0.3) is 11.4 Å². The van der Waals surface area contributed by atoms with Crippen LogP contribution >= 0.6 is 0 Å². The predicted molar refractivity (Wildman–Crippen MR) is 101 cm³/mol. The topological polar surface area (TPSA) is 58.3 Å². The number of halogens is 3. The molecule has 1 aromatic carbocycles. The SMILES string of the molecule is Cc1ccc(-c2noc(CN3CCN(c4ccc(C(F)(F)F)cn4)CC3)n2)cc1. The Morgan fingerprint density at radius 1 is 1.00 bits per heavy atom. The van der Waals surface area contributed by atoms with Crippen LogP contribution in [0, 0.1) is 6.92 Å². The minimum absolute atomic E-state index is 0.535. The van der Waals surface area contributed by atoms with Crippen LogP contribution in [0.3, 0.4) is 0 Å². The molecule has 0 unspecified atom stereocenters. The standard InChI is InChI=1S/C20H20F3N5O/c1-14-2-4-15(5-3-14)19-25-18(29-26-19)13-27-8-10-28(11-9-27)17-7-6-16(12-24-17)20(21,22)23/h2-7,12H,8-11,13H2,1H3. The molecule has 1 aliphatic rings. The monoisotopic (exact) mass is 403 g/mol. The molecule has 152 valence electrons. The Morgan fingerprint density at radius 3 is 2.34 bits per heavy atom. The molecule has 0 aliphatic carbocycles. The van der Waals surface area contributed by atoms with Gasteiger partial charge in [-0.1, -0.05) is 35.0 Å². The predicted octanol–water partition coefficient (Wildman–Crippen LogP) is 3.78. The van der Waals surface area contributed by atoms with Crippen molar-refractivity contribution < 1.29 is 17.7 Å². The molecule has 9 heteroatoms. The molecule has 0 spiro atoms. The van der Waals surface area contributed by atoms with Crippen molar-refractivity contribution in [3.8, 4) is 11.4 Å². The van der Waals surface area contributed by atoms with Gasteiger partial charge in [0, 0.05) is 37.9 Å². The second-order valence-corrected chi connectivity index (χ2v) is 7.04. The van der Waals surface area contributed by atoms with E-state index in [9.17, 15) is 13.2 Å². The van der Waals surface area contributed by atoms with Crippen LogP contribution in [0.1, 0.15) is 17.0 Å². The Kier molecular flexibility index (Phi) is 5.23. The molecule has 3 heterocycles. The summed E-state index contributed by atoms with van der Waals surface area (Å²) >= 11 is 0. The highest BCUT2D eigenvalue weighted by molar-refractivity contribution is 5.54. The van der Waals surface area contributed by atoms with Crippen LogP contribution in [-0.4, -0.2) is 46.2 Å². The smallest absolute Gasteiger partial charge is 0.354 e. The van der Waals surface area contributed by atoms with E-state index < -0.39 is 11.7 Å².